The molecule has 0 radical (unpaired) electrons. The summed E-state index contributed by atoms with van der Waals surface area (Å²) in [6.07, 6.45) is 7.58. The Morgan fingerprint density at radius 1 is 1.21 bits per heavy atom. The number of halogens is 1. The third-order valence-corrected chi connectivity index (χ3v) is 6.20. The fraction of sp³-hybridized carbons (Fsp3) is 0.500. The summed E-state index contributed by atoms with van der Waals surface area (Å²) in [4.78, 5) is 24.7. The lowest BCUT2D eigenvalue weighted by Gasteiger charge is -2.35. The Kier molecular flexibility index (Phi) is 8.20. The van der Waals surface area contributed by atoms with Crippen LogP contribution in [0.15, 0.2) is 42.5 Å². The molecule has 1 aromatic carbocycles. The lowest BCUT2D eigenvalue weighted by molar-refractivity contribution is -0.119. The minimum absolute atomic E-state index is 0.0616. The lowest BCUT2D eigenvalue weighted by Crippen LogP contribution is -2.50. The molecule has 2 unspecified atom stereocenters. The molecule has 184 valence electrons. The molecule has 1 aliphatic carbocycles. The van der Waals surface area contributed by atoms with Crippen LogP contribution in [0.4, 0.5) is 4.79 Å². The van der Waals surface area contributed by atoms with Crippen LogP contribution in [0.2, 0.25) is 0 Å². The summed E-state index contributed by atoms with van der Waals surface area (Å²) in [5, 5.41) is 2.65. The Balaban J connectivity index is 2.16. The zero-order valence-electron chi connectivity index (χ0n) is 20.1. The first-order valence-electron chi connectivity index (χ1n) is 10.8. The number of hydrogen-bond acceptors (Lipinski definition) is 4. The van der Waals surface area contributed by atoms with Gasteiger partial charge in [-0.15, -0.1) is 21.1 Å². The van der Waals surface area contributed by atoms with E-state index < -0.39 is 33.2 Å². The van der Waals surface area contributed by atoms with Gasteiger partial charge in [0.2, 0.25) is 5.91 Å². The molecule has 3 atom stereocenters. The van der Waals surface area contributed by atoms with E-state index in [2.05, 4.69) is 17.0 Å². The molecule has 2 rings (SSSR count). The minimum Gasteiger partial charge on any atom is -0.444 e. The number of rotatable bonds is 7. The lowest BCUT2D eigenvalue weighted by atomic mass is 9.87. The fourth-order valence-corrected chi connectivity index (χ4v) is 4.42. The Morgan fingerprint density at radius 2 is 1.82 bits per heavy atom. The van der Waals surface area contributed by atoms with Gasteiger partial charge in [0.05, 0.1) is 5.38 Å². The highest BCUT2D eigenvalue weighted by Gasteiger charge is 2.25. The number of benzene rings is 1. The molecule has 0 fully saturated rings. The first-order valence-corrected chi connectivity index (χ1v) is 14.0. The second kappa shape index (κ2) is 9.99. The van der Waals surface area contributed by atoms with Crippen LogP contribution in [0.25, 0.3) is 5.57 Å². The first-order chi connectivity index (χ1) is 15.0. The van der Waals surface area contributed by atoms with Crippen LogP contribution >= 0.6 is 11.6 Å². The minimum atomic E-state index is -4.23. The van der Waals surface area contributed by atoms with E-state index in [-0.39, 0.29) is 17.7 Å². The Labute approximate surface area is 201 Å². The highest BCUT2D eigenvalue weighted by molar-refractivity contribution is 8.12. The molecule has 3 N–H and O–H groups in total. The number of nitrogens with one attached hydrogen (secondary N) is 2. The maximum Gasteiger partial charge on any atom is 0.407 e. The summed E-state index contributed by atoms with van der Waals surface area (Å²) in [5.41, 5.74) is 2.39. The molecule has 0 bridgehead atoms. The zero-order chi connectivity index (χ0) is 25.1. The van der Waals surface area contributed by atoms with Crippen LogP contribution in [0, 0.1) is 5.92 Å². The van der Waals surface area contributed by atoms with Crippen LogP contribution in [-0.4, -0.2) is 50.3 Å². The van der Waals surface area contributed by atoms with E-state index in [9.17, 15) is 18.4 Å². The standard InChI is InChI=1S/C24H35ClN2O5S/c1-16-20(8-7-9-21(16)25)18-12-10-17(11-13-18)14-19(26-23(29)32-24(2,3)4)15-22(28)27-33(5,6,30)31/h7-13,16,19,21H,14-15H2,1-6H3,(H,26,29)(H2,27,28,30,31)/t16?,19-,21?/m1/s1. The molecular formula is C24H35ClN2O5S. The van der Waals surface area contributed by atoms with Crippen molar-refractivity contribution in [3.8, 4) is 0 Å². The molecule has 33 heavy (non-hydrogen) atoms. The highest BCUT2D eigenvalue weighted by Crippen LogP contribution is 2.32. The number of allylic oxidation sites excluding steroid dienone is 4. The van der Waals surface area contributed by atoms with Gasteiger partial charge in [0.1, 0.15) is 5.60 Å². The number of alkyl carbamates (subject to hydrolysis) is 1. The predicted molar refractivity (Wildman–Crippen MR) is 135 cm³/mol. The van der Waals surface area contributed by atoms with Crippen molar-refractivity contribution in [2.24, 2.45) is 5.92 Å². The summed E-state index contributed by atoms with van der Waals surface area (Å²) < 4.78 is 29.4. The second-order valence-corrected chi connectivity index (χ2v) is 14.2. The molecule has 1 aromatic rings. The van der Waals surface area contributed by atoms with E-state index in [1.165, 1.54) is 0 Å². The third kappa shape index (κ3) is 9.70. The average molecular weight is 499 g/mol. The molecule has 9 heteroatoms. The molecule has 2 amide bonds. The number of carbonyl (C=O) groups excluding carboxylic acids is 2. The molecule has 0 spiro atoms. The van der Waals surface area contributed by atoms with Gasteiger partial charge in [-0.05, 0) is 43.9 Å². The topological polar surface area (TPSA) is 105 Å². The average Bonchev–Trinajstić information content (AvgIpc) is 2.60. The van der Waals surface area contributed by atoms with Gasteiger partial charge in [-0.1, -0.05) is 49.4 Å². The van der Waals surface area contributed by atoms with E-state index in [0.717, 1.165) is 29.2 Å². The van der Waals surface area contributed by atoms with E-state index in [4.69, 9.17) is 16.3 Å². The van der Waals surface area contributed by atoms with Gasteiger partial charge in [0, 0.05) is 30.9 Å². The van der Waals surface area contributed by atoms with Crippen LogP contribution in [-0.2, 0) is 25.5 Å². The van der Waals surface area contributed by atoms with Crippen molar-refractivity contribution in [2.75, 3.05) is 12.5 Å². The fourth-order valence-electron chi connectivity index (χ4n) is 3.47. The predicted octanol–water partition coefficient (Wildman–Crippen LogP) is 4.29. The van der Waals surface area contributed by atoms with Gasteiger partial charge in [-0.25, -0.2) is 4.79 Å². The van der Waals surface area contributed by atoms with Gasteiger partial charge in [0.25, 0.3) is 0 Å². The Morgan fingerprint density at radius 3 is 2.36 bits per heavy atom. The van der Waals surface area contributed by atoms with Crippen molar-refractivity contribution in [2.45, 2.75) is 57.6 Å². The Hall–Kier alpha value is -2.16. The molecule has 0 heterocycles. The maximum atomic E-state index is 12.4. The molecular weight excluding hydrogens is 464 g/mol. The third-order valence-electron chi connectivity index (χ3n) is 4.87. The van der Waals surface area contributed by atoms with E-state index >= 15 is 0 Å². The van der Waals surface area contributed by atoms with Gasteiger partial charge in [-0.3, -0.25) is 14.1 Å². The first kappa shape index (κ1) is 27.1. The SMILES string of the molecule is CC1C(c2ccc(C[C@H](CC(=O)NS(C)(C)(=O)O)NC(=O)OC(C)(C)C)cc2)=CC=CC1Cl. The number of carbonyl (C=O) groups is 2. The monoisotopic (exact) mass is 498 g/mol. The molecule has 7 nitrogen and oxygen atoms in total. The summed E-state index contributed by atoms with van der Waals surface area (Å²) >= 11 is 6.35. The smallest absolute Gasteiger partial charge is 0.407 e. The normalized spacial score (nSPS) is 20.7. The number of amides is 2. The largest absolute Gasteiger partial charge is 0.444 e. The van der Waals surface area contributed by atoms with Crippen LogP contribution in [0.3, 0.4) is 0 Å². The summed E-state index contributed by atoms with van der Waals surface area (Å²) in [7, 11) is -4.23. The van der Waals surface area contributed by atoms with Crippen molar-refractivity contribution in [3.05, 3.63) is 53.6 Å². The highest BCUT2D eigenvalue weighted by atomic mass is 35.5. The number of ether oxygens (including phenoxy) is 1. The van der Waals surface area contributed by atoms with E-state index in [1.54, 1.807) is 20.8 Å². The molecule has 0 aliphatic heterocycles. The van der Waals surface area contributed by atoms with Crippen molar-refractivity contribution < 1.29 is 23.1 Å². The zero-order valence-corrected chi connectivity index (χ0v) is 21.6. The molecule has 1 aliphatic rings. The Bertz CT molecular complexity index is 994. The molecule has 0 saturated heterocycles. The van der Waals surface area contributed by atoms with E-state index in [0.29, 0.717) is 6.42 Å². The van der Waals surface area contributed by atoms with Gasteiger partial charge in [0.15, 0.2) is 0 Å². The van der Waals surface area contributed by atoms with Crippen molar-refractivity contribution in [3.63, 3.8) is 0 Å². The van der Waals surface area contributed by atoms with Crippen LogP contribution < -0.4 is 10.0 Å². The quantitative estimate of drug-likeness (QED) is 0.486. The summed E-state index contributed by atoms with van der Waals surface area (Å²) in [5.74, 6) is -0.462. The maximum absolute atomic E-state index is 12.4. The van der Waals surface area contributed by atoms with Gasteiger partial charge in [-0.2, -0.15) is 4.21 Å². The van der Waals surface area contributed by atoms with Crippen molar-refractivity contribution >= 4 is 38.7 Å². The number of alkyl halides is 1. The number of hydrogen-bond donors (Lipinski definition) is 3. The second-order valence-electron chi connectivity index (χ2n) is 9.98. The molecule has 0 saturated carbocycles. The van der Waals surface area contributed by atoms with Crippen molar-refractivity contribution in [1.82, 2.24) is 10.0 Å². The van der Waals surface area contributed by atoms with Gasteiger partial charge >= 0.3 is 6.09 Å². The van der Waals surface area contributed by atoms with Crippen LogP contribution in [0.5, 0.6) is 0 Å². The van der Waals surface area contributed by atoms with Crippen LogP contribution in [0.1, 0.15) is 45.2 Å². The summed E-state index contributed by atoms with van der Waals surface area (Å²) in [6, 6.07) is 7.21. The van der Waals surface area contributed by atoms with E-state index in [1.807, 2.05) is 42.5 Å². The van der Waals surface area contributed by atoms with Gasteiger partial charge < -0.3 is 10.1 Å². The molecule has 0 aromatic heterocycles. The summed E-state index contributed by atoms with van der Waals surface area (Å²) in [6.45, 7) is 7.31. The van der Waals surface area contributed by atoms with Crippen molar-refractivity contribution in [1.29, 1.82) is 0 Å².